The van der Waals surface area contributed by atoms with Crippen LogP contribution in [0.5, 0.6) is 0 Å². The molecule has 0 saturated heterocycles. The van der Waals surface area contributed by atoms with Crippen molar-refractivity contribution in [2.45, 2.75) is 0 Å². The van der Waals surface area contributed by atoms with Crippen LogP contribution in [0.25, 0.3) is 28.2 Å². The fourth-order valence-electron chi connectivity index (χ4n) is 3.99. The number of hydrogen-bond donors (Lipinski definition) is 0. The Bertz CT molecular complexity index is 1490. The fourth-order valence-corrected chi connectivity index (χ4v) is 3.99. The van der Waals surface area contributed by atoms with Gasteiger partial charge in [-0.15, -0.1) is 0 Å². The number of oxazole rings is 1. The van der Waals surface area contributed by atoms with Gasteiger partial charge >= 0.3 is 0 Å². The minimum absolute atomic E-state index is 0.608. The molecule has 33 heavy (non-hydrogen) atoms. The van der Waals surface area contributed by atoms with Gasteiger partial charge < -0.3 is 9.32 Å². The van der Waals surface area contributed by atoms with E-state index in [1.807, 2.05) is 77.6 Å². The van der Waals surface area contributed by atoms with Gasteiger partial charge in [-0.2, -0.15) is 5.10 Å². The molecule has 0 bridgehead atoms. The van der Waals surface area contributed by atoms with E-state index in [0.717, 1.165) is 39.4 Å². The van der Waals surface area contributed by atoms with Gasteiger partial charge in [0.05, 0.1) is 5.69 Å². The molecule has 0 unspecified atom stereocenters. The molecule has 0 amide bonds. The van der Waals surface area contributed by atoms with Crippen LogP contribution in [0.2, 0.25) is 0 Å². The molecule has 0 radical (unpaired) electrons. The van der Waals surface area contributed by atoms with Crippen molar-refractivity contribution >= 4 is 28.2 Å². The molecule has 0 spiro atoms. The lowest BCUT2D eigenvalue weighted by Gasteiger charge is -2.26. The van der Waals surface area contributed by atoms with Crippen LogP contribution in [0.1, 0.15) is 0 Å². The molecular weight excluding hydrogens is 408 g/mol. The van der Waals surface area contributed by atoms with Gasteiger partial charge in [-0.3, -0.25) is 0 Å². The molecule has 158 valence electrons. The summed E-state index contributed by atoms with van der Waals surface area (Å²) in [6.45, 7) is 0. The van der Waals surface area contributed by atoms with Gasteiger partial charge in [0.2, 0.25) is 5.89 Å². The Hall–Kier alpha value is -4.64. The predicted molar refractivity (Wildman–Crippen MR) is 131 cm³/mol. The molecule has 6 aromatic rings. The number of anilines is 3. The SMILES string of the molecule is c1ccc(N(c2cccc(-c3nc4ccccc4o3)c2)c2cccc(-n3cccn3)c2)cc1. The number of fused-ring (bicyclic) bond motifs is 1. The first kappa shape index (κ1) is 19.1. The number of rotatable bonds is 5. The predicted octanol–water partition coefficient (Wildman–Crippen LogP) is 7.15. The maximum absolute atomic E-state index is 6.03. The van der Waals surface area contributed by atoms with Gasteiger partial charge in [0.15, 0.2) is 5.58 Å². The van der Waals surface area contributed by atoms with Crippen LogP contribution in [0.3, 0.4) is 0 Å². The zero-order chi connectivity index (χ0) is 22.0. The lowest BCUT2D eigenvalue weighted by molar-refractivity contribution is 0.620. The third kappa shape index (κ3) is 3.66. The minimum Gasteiger partial charge on any atom is -0.436 e. The van der Waals surface area contributed by atoms with E-state index in [0.29, 0.717) is 5.89 Å². The minimum atomic E-state index is 0.608. The van der Waals surface area contributed by atoms with Crippen molar-refractivity contribution in [3.05, 3.63) is 122 Å². The van der Waals surface area contributed by atoms with Gasteiger partial charge in [-0.1, -0.05) is 42.5 Å². The molecule has 5 nitrogen and oxygen atoms in total. The number of nitrogens with zero attached hydrogens (tertiary/aromatic N) is 4. The monoisotopic (exact) mass is 428 g/mol. The van der Waals surface area contributed by atoms with Gasteiger partial charge in [0, 0.05) is 35.0 Å². The van der Waals surface area contributed by atoms with Crippen molar-refractivity contribution in [3.63, 3.8) is 0 Å². The summed E-state index contributed by atoms with van der Waals surface area (Å²) in [5.41, 5.74) is 6.66. The normalized spacial score (nSPS) is 11.0. The molecule has 4 aromatic carbocycles. The topological polar surface area (TPSA) is 47.1 Å². The second kappa shape index (κ2) is 8.13. The molecule has 0 saturated carbocycles. The largest absolute Gasteiger partial charge is 0.436 e. The molecule has 2 aromatic heterocycles. The van der Waals surface area contributed by atoms with Crippen molar-refractivity contribution in [2.75, 3.05) is 4.90 Å². The Morgan fingerprint density at radius 2 is 1.42 bits per heavy atom. The Kier molecular flexibility index (Phi) is 4.70. The zero-order valence-corrected chi connectivity index (χ0v) is 17.7. The van der Waals surface area contributed by atoms with E-state index in [9.17, 15) is 0 Å². The van der Waals surface area contributed by atoms with Crippen LogP contribution in [0.4, 0.5) is 17.1 Å². The van der Waals surface area contributed by atoms with Gasteiger partial charge in [-0.25, -0.2) is 9.67 Å². The molecule has 0 aliphatic rings. The van der Waals surface area contributed by atoms with Gasteiger partial charge in [0.25, 0.3) is 0 Å². The van der Waals surface area contributed by atoms with E-state index >= 15 is 0 Å². The highest BCUT2D eigenvalue weighted by molar-refractivity contribution is 5.81. The third-order valence-corrected chi connectivity index (χ3v) is 5.52. The summed E-state index contributed by atoms with van der Waals surface area (Å²) in [7, 11) is 0. The van der Waals surface area contributed by atoms with E-state index < -0.39 is 0 Å². The van der Waals surface area contributed by atoms with Crippen LogP contribution < -0.4 is 4.90 Å². The summed E-state index contributed by atoms with van der Waals surface area (Å²) in [6, 6.07) is 36.7. The summed E-state index contributed by atoms with van der Waals surface area (Å²) in [5.74, 6) is 0.608. The highest BCUT2D eigenvalue weighted by atomic mass is 16.3. The Morgan fingerprint density at radius 1 is 0.667 bits per heavy atom. The standard InChI is InChI=1S/C28H20N4O/c1-2-10-22(11-3-1)32(25-14-7-12-23(20-25)31-18-8-17-29-31)24-13-6-9-21(19-24)28-30-26-15-4-5-16-27(26)33-28/h1-20H. The van der Waals surface area contributed by atoms with Crippen molar-refractivity contribution in [3.8, 4) is 17.1 Å². The fraction of sp³-hybridized carbons (Fsp3) is 0. The highest BCUT2D eigenvalue weighted by Crippen LogP contribution is 2.37. The molecular formula is C28H20N4O. The number of benzene rings is 4. The zero-order valence-electron chi connectivity index (χ0n) is 17.7. The third-order valence-electron chi connectivity index (χ3n) is 5.52. The van der Waals surface area contributed by atoms with Crippen molar-refractivity contribution in [1.82, 2.24) is 14.8 Å². The van der Waals surface area contributed by atoms with E-state index in [1.165, 1.54) is 0 Å². The first-order valence-electron chi connectivity index (χ1n) is 10.8. The molecule has 2 heterocycles. The maximum atomic E-state index is 6.03. The molecule has 0 aliphatic heterocycles. The molecule has 0 atom stereocenters. The van der Waals surface area contributed by atoms with Crippen molar-refractivity contribution in [2.24, 2.45) is 0 Å². The van der Waals surface area contributed by atoms with E-state index in [2.05, 4.69) is 57.4 Å². The Labute approximate surface area is 191 Å². The summed E-state index contributed by atoms with van der Waals surface area (Å²) >= 11 is 0. The lowest BCUT2D eigenvalue weighted by atomic mass is 10.1. The molecule has 0 aliphatic carbocycles. The Morgan fingerprint density at radius 3 is 2.24 bits per heavy atom. The summed E-state index contributed by atoms with van der Waals surface area (Å²) in [5, 5.41) is 4.38. The van der Waals surface area contributed by atoms with Gasteiger partial charge in [0.1, 0.15) is 5.52 Å². The summed E-state index contributed by atoms with van der Waals surface area (Å²) < 4.78 is 7.89. The second-order valence-electron chi connectivity index (χ2n) is 7.68. The average molecular weight is 428 g/mol. The first-order chi connectivity index (χ1) is 16.3. The number of hydrogen-bond acceptors (Lipinski definition) is 4. The molecule has 5 heteroatoms. The lowest BCUT2D eigenvalue weighted by Crippen LogP contribution is -2.10. The average Bonchev–Trinajstić information content (AvgIpc) is 3.56. The van der Waals surface area contributed by atoms with Crippen LogP contribution in [-0.4, -0.2) is 14.8 Å². The number of aromatic nitrogens is 3. The Balaban J connectivity index is 1.48. The smallest absolute Gasteiger partial charge is 0.227 e. The van der Waals surface area contributed by atoms with Gasteiger partial charge in [-0.05, 0) is 66.7 Å². The van der Waals surface area contributed by atoms with Crippen LogP contribution in [0, 0.1) is 0 Å². The second-order valence-corrected chi connectivity index (χ2v) is 7.68. The van der Waals surface area contributed by atoms with Crippen molar-refractivity contribution in [1.29, 1.82) is 0 Å². The maximum Gasteiger partial charge on any atom is 0.227 e. The quantitative estimate of drug-likeness (QED) is 0.292. The molecule has 0 fully saturated rings. The van der Waals surface area contributed by atoms with Crippen LogP contribution in [0.15, 0.2) is 126 Å². The van der Waals surface area contributed by atoms with E-state index in [-0.39, 0.29) is 0 Å². The van der Waals surface area contributed by atoms with E-state index in [4.69, 9.17) is 4.42 Å². The first-order valence-corrected chi connectivity index (χ1v) is 10.8. The van der Waals surface area contributed by atoms with E-state index in [1.54, 1.807) is 6.20 Å². The van der Waals surface area contributed by atoms with Crippen molar-refractivity contribution < 1.29 is 4.42 Å². The number of para-hydroxylation sites is 3. The van der Waals surface area contributed by atoms with Crippen LogP contribution >= 0.6 is 0 Å². The molecule has 6 rings (SSSR count). The summed E-state index contributed by atoms with van der Waals surface area (Å²) in [6.07, 6.45) is 3.73. The molecule has 0 N–H and O–H groups in total. The summed E-state index contributed by atoms with van der Waals surface area (Å²) in [4.78, 5) is 6.90. The van der Waals surface area contributed by atoms with Crippen LogP contribution in [-0.2, 0) is 0 Å². The highest BCUT2D eigenvalue weighted by Gasteiger charge is 2.15.